The Bertz CT molecular complexity index is 1020. The Morgan fingerprint density at radius 2 is 1.88 bits per heavy atom. The smallest absolute Gasteiger partial charge is 0.268 e. The second-order valence-corrected chi connectivity index (χ2v) is 9.94. The van der Waals surface area contributed by atoms with Gasteiger partial charge in [0, 0.05) is 32.9 Å². The van der Waals surface area contributed by atoms with E-state index in [4.69, 9.17) is 4.74 Å². The molecule has 0 saturated carbocycles. The Morgan fingerprint density at radius 3 is 2.50 bits per heavy atom. The lowest BCUT2D eigenvalue weighted by molar-refractivity contribution is 0.0929. The SMILES string of the molecule is CCN(CC)S(=O)(=O)c1cc(C(=O)NCC(c2cccc(OC)c2)N2CCCC2)n(C)c1. The van der Waals surface area contributed by atoms with Gasteiger partial charge in [-0.2, -0.15) is 4.31 Å². The normalized spacial score (nSPS) is 15.8. The Labute approximate surface area is 191 Å². The summed E-state index contributed by atoms with van der Waals surface area (Å²) in [5.41, 5.74) is 1.41. The zero-order chi connectivity index (χ0) is 23.3. The van der Waals surface area contributed by atoms with Crippen LogP contribution < -0.4 is 10.1 Å². The van der Waals surface area contributed by atoms with Gasteiger partial charge in [0.25, 0.3) is 5.91 Å². The fourth-order valence-corrected chi connectivity index (χ4v) is 5.78. The van der Waals surface area contributed by atoms with Gasteiger partial charge >= 0.3 is 0 Å². The Hall–Kier alpha value is -2.36. The Morgan fingerprint density at radius 1 is 1.19 bits per heavy atom. The third-order valence-electron chi connectivity index (χ3n) is 6.07. The maximum atomic E-state index is 13.0. The molecule has 1 saturated heterocycles. The van der Waals surface area contributed by atoms with E-state index in [0.29, 0.717) is 25.3 Å². The van der Waals surface area contributed by atoms with Crippen molar-refractivity contribution in [2.45, 2.75) is 37.6 Å². The van der Waals surface area contributed by atoms with Gasteiger partial charge in [-0.15, -0.1) is 0 Å². The second-order valence-electron chi connectivity index (χ2n) is 8.01. The number of aromatic nitrogens is 1. The van der Waals surface area contributed by atoms with Gasteiger partial charge in [0.15, 0.2) is 0 Å². The fourth-order valence-electron chi connectivity index (χ4n) is 4.25. The molecule has 0 radical (unpaired) electrons. The van der Waals surface area contributed by atoms with Gasteiger partial charge in [0.05, 0.1) is 13.2 Å². The molecular formula is C23H34N4O4S. The van der Waals surface area contributed by atoms with Crippen molar-refractivity contribution in [3.8, 4) is 5.75 Å². The summed E-state index contributed by atoms with van der Waals surface area (Å²) in [6.45, 7) is 6.75. The van der Waals surface area contributed by atoms with E-state index >= 15 is 0 Å². The molecule has 1 fully saturated rings. The van der Waals surface area contributed by atoms with Crippen LogP contribution in [-0.2, 0) is 17.1 Å². The topological polar surface area (TPSA) is 83.9 Å². The third-order valence-corrected chi connectivity index (χ3v) is 8.09. The van der Waals surface area contributed by atoms with Crippen molar-refractivity contribution in [3.63, 3.8) is 0 Å². The largest absolute Gasteiger partial charge is 0.497 e. The molecule has 9 heteroatoms. The molecule has 1 aromatic carbocycles. The van der Waals surface area contributed by atoms with Crippen LogP contribution in [-0.4, -0.2) is 67.9 Å². The van der Waals surface area contributed by atoms with Crippen LogP contribution in [0.2, 0.25) is 0 Å². The van der Waals surface area contributed by atoms with Crippen LogP contribution in [0.25, 0.3) is 0 Å². The van der Waals surface area contributed by atoms with Crippen LogP contribution >= 0.6 is 0 Å². The summed E-state index contributed by atoms with van der Waals surface area (Å²) >= 11 is 0. The van der Waals surface area contributed by atoms with E-state index in [1.54, 1.807) is 32.6 Å². The molecule has 0 spiro atoms. The number of ether oxygens (including phenoxy) is 1. The number of sulfonamides is 1. The molecule has 2 aromatic rings. The number of methoxy groups -OCH3 is 1. The minimum absolute atomic E-state index is 0.0238. The standard InChI is InChI=1S/C23H34N4O4S/c1-5-27(6-2)32(29,30)20-15-21(25(3)17-20)23(28)24-16-22(26-12-7-8-13-26)18-10-9-11-19(14-18)31-4/h9-11,14-15,17,22H,5-8,12-13,16H2,1-4H3,(H,24,28). The average Bonchev–Trinajstić information content (AvgIpc) is 3.45. The molecule has 0 aliphatic carbocycles. The summed E-state index contributed by atoms with van der Waals surface area (Å²) in [4.78, 5) is 15.5. The van der Waals surface area contributed by atoms with Gasteiger partial charge in [-0.05, 0) is 49.7 Å². The molecule has 1 N–H and O–H groups in total. The number of nitrogens with one attached hydrogen (secondary N) is 1. The van der Waals surface area contributed by atoms with Crippen LogP contribution in [0.15, 0.2) is 41.4 Å². The highest BCUT2D eigenvalue weighted by atomic mass is 32.2. The van der Waals surface area contributed by atoms with Crippen LogP contribution in [0.5, 0.6) is 5.75 Å². The maximum Gasteiger partial charge on any atom is 0.268 e. The summed E-state index contributed by atoms with van der Waals surface area (Å²) < 4.78 is 34.0. The monoisotopic (exact) mass is 462 g/mol. The number of amides is 1. The Kier molecular flexibility index (Phi) is 7.97. The zero-order valence-corrected chi connectivity index (χ0v) is 20.2. The molecule has 1 unspecified atom stereocenters. The zero-order valence-electron chi connectivity index (χ0n) is 19.4. The number of likely N-dealkylation sites (tertiary alicyclic amines) is 1. The predicted octanol–water partition coefficient (Wildman–Crippen LogP) is 2.63. The molecule has 1 aromatic heterocycles. The second kappa shape index (κ2) is 10.5. The van der Waals surface area contributed by atoms with Gasteiger partial charge < -0.3 is 14.6 Å². The van der Waals surface area contributed by atoms with E-state index in [0.717, 1.165) is 37.2 Å². The number of rotatable bonds is 10. The van der Waals surface area contributed by atoms with Crippen LogP contribution in [0.4, 0.5) is 0 Å². The van der Waals surface area contributed by atoms with Gasteiger partial charge in [0.1, 0.15) is 16.3 Å². The third kappa shape index (κ3) is 5.16. The van der Waals surface area contributed by atoms with Gasteiger partial charge in [-0.3, -0.25) is 9.69 Å². The molecule has 3 rings (SSSR count). The van der Waals surface area contributed by atoms with E-state index in [9.17, 15) is 13.2 Å². The first-order valence-electron chi connectivity index (χ1n) is 11.1. The van der Waals surface area contributed by atoms with Crippen LogP contribution in [0, 0.1) is 0 Å². The molecule has 1 aliphatic heterocycles. The van der Waals surface area contributed by atoms with Gasteiger partial charge in [0.2, 0.25) is 10.0 Å². The number of benzene rings is 1. The summed E-state index contributed by atoms with van der Waals surface area (Å²) in [6.07, 6.45) is 3.78. The average molecular weight is 463 g/mol. The summed E-state index contributed by atoms with van der Waals surface area (Å²) in [5, 5.41) is 3.02. The first kappa shape index (κ1) is 24.3. The van der Waals surface area contributed by atoms with Crippen molar-refractivity contribution in [1.29, 1.82) is 0 Å². The molecule has 0 bridgehead atoms. The van der Waals surface area contributed by atoms with Gasteiger partial charge in [-0.25, -0.2) is 8.42 Å². The lowest BCUT2D eigenvalue weighted by Crippen LogP contribution is -2.37. The van der Waals surface area contributed by atoms with Crippen molar-refractivity contribution < 1.29 is 17.9 Å². The summed E-state index contributed by atoms with van der Waals surface area (Å²) in [5.74, 6) is 0.493. The Balaban J connectivity index is 1.79. The molecule has 1 amide bonds. The maximum absolute atomic E-state index is 13.0. The lowest BCUT2D eigenvalue weighted by atomic mass is 10.0. The molecule has 8 nitrogen and oxygen atoms in total. The number of hydrogen-bond donors (Lipinski definition) is 1. The lowest BCUT2D eigenvalue weighted by Gasteiger charge is -2.28. The molecule has 2 heterocycles. The highest BCUT2D eigenvalue weighted by Crippen LogP contribution is 2.27. The summed E-state index contributed by atoms with van der Waals surface area (Å²) in [6, 6.07) is 9.41. The van der Waals surface area contributed by atoms with E-state index < -0.39 is 10.0 Å². The molecule has 176 valence electrons. The number of nitrogens with zero attached hydrogens (tertiary/aromatic N) is 3. The minimum Gasteiger partial charge on any atom is -0.497 e. The highest BCUT2D eigenvalue weighted by molar-refractivity contribution is 7.89. The molecule has 1 atom stereocenters. The minimum atomic E-state index is -3.62. The molecule has 32 heavy (non-hydrogen) atoms. The van der Waals surface area contributed by atoms with Crippen LogP contribution in [0.1, 0.15) is 48.8 Å². The van der Waals surface area contributed by atoms with E-state index in [1.807, 2.05) is 18.2 Å². The van der Waals surface area contributed by atoms with Crippen molar-refractivity contribution in [1.82, 2.24) is 19.1 Å². The van der Waals surface area contributed by atoms with Crippen LogP contribution in [0.3, 0.4) is 0 Å². The van der Waals surface area contributed by atoms with Crippen molar-refractivity contribution in [2.75, 3.05) is 39.8 Å². The number of aryl methyl sites for hydroxylation is 1. The van der Waals surface area contributed by atoms with E-state index in [2.05, 4.69) is 16.3 Å². The van der Waals surface area contributed by atoms with Gasteiger partial charge in [-0.1, -0.05) is 26.0 Å². The summed E-state index contributed by atoms with van der Waals surface area (Å²) in [7, 11) is -0.287. The number of carbonyl (C=O) groups excluding carboxylic acids is 1. The van der Waals surface area contributed by atoms with Crippen molar-refractivity contribution in [3.05, 3.63) is 47.8 Å². The first-order valence-corrected chi connectivity index (χ1v) is 12.6. The first-order chi connectivity index (χ1) is 15.3. The molecular weight excluding hydrogens is 428 g/mol. The van der Waals surface area contributed by atoms with E-state index in [1.165, 1.54) is 16.6 Å². The number of carbonyl (C=O) groups is 1. The fraction of sp³-hybridized carbons (Fsp3) is 0.522. The van der Waals surface area contributed by atoms with E-state index in [-0.39, 0.29) is 16.8 Å². The quantitative estimate of drug-likeness (QED) is 0.587. The number of hydrogen-bond acceptors (Lipinski definition) is 5. The predicted molar refractivity (Wildman–Crippen MR) is 124 cm³/mol. The molecule has 1 aliphatic rings. The van der Waals surface area contributed by atoms with Crippen molar-refractivity contribution in [2.24, 2.45) is 7.05 Å². The highest BCUT2D eigenvalue weighted by Gasteiger charge is 2.27. The van der Waals surface area contributed by atoms with Crippen molar-refractivity contribution >= 4 is 15.9 Å².